The maximum atomic E-state index is 13.4. The number of ketones is 1. The van der Waals surface area contributed by atoms with E-state index in [0.717, 1.165) is 35.8 Å². The molecule has 1 aliphatic heterocycles. The number of H-pyrrole nitrogens is 1. The van der Waals surface area contributed by atoms with Gasteiger partial charge in [-0.25, -0.2) is 0 Å². The van der Waals surface area contributed by atoms with Gasteiger partial charge in [-0.1, -0.05) is 32.0 Å². The molecule has 0 saturated heterocycles. The van der Waals surface area contributed by atoms with Crippen LogP contribution in [-0.2, 0) is 4.79 Å². The quantitative estimate of drug-likeness (QED) is 0.296. The molecule has 1 aromatic carbocycles. The van der Waals surface area contributed by atoms with Gasteiger partial charge in [0.1, 0.15) is 0 Å². The largest absolute Gasteiger partial charge is 0.358 e. The molecular weight excluding hydrogens is 460 g/mol. The van der Waals surface area contributed by atoms with Crippen LogP contribution in [0.15, 0.2) is 36.4 Å². The van der Waals surface area contributed by atoms with Gasteiger partial charge in [0.05, 0.1) is 16.0 Å². The van der Waals surface area contributed by atoms with E-state index >= 15 is 0 Å². The van der Waals surface area contributed by atoms with Crippen LogP contribution in [0.25, 0.3) is 22.1 Å². The van der Waals surface area contributed by atoms with Crippen LogP contribution in [0.1, 0.15) is 57.8 Å². The van der Waals surface area contributed by atoms with E-state index in [1.807, 2.05) is 37.3 Å². The van der Waals surface area contributed by atoms with E-state index < -0.39 is 0 Å². The highest BCUT2D eigenvalue weighted by Crippen LogP contribution is 2.39. The van der Waals surface area contributed by atoms with Crippen molar-refractivity contribution < 1.29 is 14.4 Å². The lowest BCUT2D eigenvalue weighted by Crippen LogP contribution is -2.35. The summed E-state index contributed by atoms with van der Waals surface area (Å²) in [5.74, 6) is -0.396. The van der Waals surface area contributed by atoms with E-state index in [9.17, 15) is 14.4 Å². The predicted octanol–water partition coefficient (Wildman–Crippen LogP) is 4.82. The molecule has 182 valence electrons. The number of anilines is 1. The zero-order valence-electron chi connectivity index (χ0n) is 20.5. The first-order valence-electron chi connectivity index (χ1n) is 11.8. The Kier molecular flexibility index (Phi) is 7.33. The number of carbonyl (C=O) groups is 3. The van der Waals surface area contributed by atoms with Gasteiger partial charge in [0.2, 0.25) is 0 Å². The summed E-state index contributed by atoms with van der Waals surface area (Å²) in [7, 11) is 0. The van der Waals surface area contributed by atoms with Crippen LogP contribution < -0.4 is 10.6 Å². The predicted molar refractivity (Wildman–Crippen MR) is 142 cm³/mol. The number of para-hydroxylation sites is 1. The second-order valence-electron chi connectivity index (χ2n) is 8.47. The number of hydrogen-bond donors (Lipinski definition) is 3. The summed E-state index contributed by atoms with van der Waals surface area (Å²) in [6, 6.07) is 11.2. The minimum Gasteiger partial charge on any atom is -0.358 e. The van der Waals surface area contributed by atoms with Crippen molar-refractivity contribution in [2.75, 3.05) is 31.5 Å². The van der Waals surface area contributed by atoms with Gasteiger partial charge in [0, 0.05) is 46.2 Å². The summed E-state index contributed by atoms with van der Waals surface area (Å²) in [5, 5.41) is 5.94. The third-order valence-electron chi connectivity index (χ3n) is 6.25. The normalized spacial score (nSPS) is 13.9. The number of carbonyl (C=O) groups excluding carboxylic acids is 3. The highest BCUT2D eigenvalue weighted by atomic mass is 32.1. The molecule has 0 aliphatic carbocycles. The van der Waals surface area contributed by atoms with E-state index in [-0.39, 0.29) is 17.6 Å². The number of nitrogens with one attached hydrogen (secondary N) is 3. The van der Waals surface area contributed by atoms with Crippen LogP contribution in [0.3, 0.4) is 0 Å². The molecule has 8 heteroatoms. The fourth-order valence-corrected chi connectivity index (χ4v) is 5.31. The number of benzene rings is 1. The number of Topliss-reactive ketones (excluding diaryl/α,β-unsaturated/α-hetero) is 1. The van der Waals surface area contributed by atoms with Gasteiger partial charge in [-0.3, -0.25) is 14.4 Å². The summed E-state index contributed by atoms with van der Waals surface area (Å²) >= 11 is 1.35. The Morgan fingerprint density at radius 2 is 1.86 bits per heavy atom. The molecule has 3 aromatic rings. The molecule has 2 amide bonds. The summed E-state index contributed by atoms with van der Waals surface area (Å²) in [4.78, 5) is 45.1. The molecule has 0 saturated carbocycles. The van der Waals surface area contributed by atoms with Crippen molar-refractivity contribution in [3.63, 3.8) is 0 Å². The molecular formula is C27H30N4O3S. The molecule has 4 rings (SSSR count). The standard InChI is InChI=1S/C27H30N4O3S/c1-5-31(6-2)14-13-28-27(34)24-16(3)29-21(25(24)23-12-11-22(35-23)17(4)32)15-19-18-9-7-8-10-20(18)30-26(19)33/h7-12,15,29H,5-6,13-14H2,1-4H3,(H,28,34)(H,30,33)/b19-15-. The summed E-state index contributed by atoms with van der Waals surface area (Å²) in [6.07, 6.45) is 1.79. The molecule has 3 heterocycles. The van der Waals surface area contributed by atoms with Crippen molar-refractivity contribution in [2.24, 2.45) is 0 Å². The van der Waals surface area contributed by atoms with Gasteiger partial charge in [-0.05, 0) is 51.2 Å². The molecule has 1 aliphatic rings. The number of fused-ring (bicyclic) bond motifs is 1. The van der Waals surface area contributed by atoms with Crippen LogP contribution in [0, 0.1) is 6.92 Å². The molecule has 0 spiro atoms. The number of rotatable bonds is 9. The van der Waals surface area contributed by atoms with Gasteiger partial charge in [0.25, 0.3) is 11.8 Å². The van der Waals surface area contributed by atoms with E-state index in [0.29, 0.717) is 39.5 Å². The van der Waals surface area contributed by atoms with E-state index in [4.69, 9.17) is 0 Å². The van der Waals surface area contributed by atoms with Gasteiger partial charge in [-0.15, -0.1) is 11.3 Å². The van der Waals surface area contributed by atoms with Crippen LogP contribution >= 0.6 is 11.3 Å². The van der Waals surface area contributed by atoms with Crippen molar-refractivity contribution in [1.82, 2.24) is 15.2 Å². The molecule has 0 atom stereocenters. The molecule has 0 bridgehead atoms. The third-order valence-corrected chi connectivity index (χ3v) is 7.45. The lowest BCUT2D eigenvalue weighted by molar-refractivity contribution is -0.110. The molecule has 0 fully saturated rings. The van der Waals surface area contributed by atoms with Crippen molar-refractivity contribution in [3.8, 4) is 10.4 Å². The number of aryl methyl sites for hydroxylation is 1. The van der Waals surface area contributed by atoms with E-state index in [1.54, 1.807) is 12.1 Å². The summed E-state index contributed by atoms with van der Waals surface area (Å²) in [5.41, 5.74) is 4.70. The van der Waals surface area contributed by atoms with Gasteiger partial charge >= 0.3 is 0 Å². The highest BCUT2D eigenvalue weighted by Gasteiger charge is 2.27. The van der Waals surface area contributed by atoms with Crippen LogP contribution in [0.5, 0.6) is 0 Å². The Morgan fingerprint density at radius 1 is 1.11 bits per heavy atom. The number of aromatic amines is 1. The Labute approximate surface area is 209 Å². The number of nitrogens with zero attached hydrogens (tertiary/aromatic N) is 1. The zero-order valence-corrected chi connectivity index (χ0v) is 21.3. The molecule has 35 heavy (non-hydrogen) atoms. The molecule has 7 nitrogen and oxygen atoms in total. The summed E-state index contributed by atoms with van der Waals surface area (Å²) in [6.45, 7) is 10.7. The summed E-state index contributed by atoms with van der Waals surface area (Å²) < 4.78 is 0. The second kappa shape index (κ2) is 10.4. The van der Waals surface area contributed by atoms with Crippen LogP contribution in [0.4, 0.5) is 5.69 Å². The van der Waals surface area contributed by atoms with E-state index in [1.165, 1.54) is 18.3 Å². The zero-order chi connectivity index (χ0) is 25.1. The average molecular weight is 491 g/mol. The Bertz CT molecular complexity index is 1310. The molecule has 3 N–H and O–H groups in total. The average Bonchev–Trinajstić information content (AvgIpc) is 3.53. The topological polar surface area (TPSA) is 94.3 Å². The first-order chi connectivity index (χ1) is 16.8. The minimum atomic E-state index is -0.190. The fourth-order valence-electron chi connectivity index (χ4n) is 4.34. The van der Waals surface area contributed by atoms with Crippen molar-refractivity contribution >= 4 is 46.3 Å². The molecule has 0 radical (unpaired) electrons. The number of hydrogen-bond acceptors (Lipinski definition) is 5. The Balaban J connectivity index is 1.77. The maximum Gasteiger partial charge on any atom is 0.256 e. The Morgan fingerprint density at radius 3 is 2.54 bits per heavy atom. The van der Waals surface area contributed by atoms with Crippen LogP contribution in [0.2, 0.25) is 0 Å². The highest BCUT2D eigenvalue weighted by molar-refractivity contribution is 7.17. The van der Waals surface area contributed by atoms with Crippen molar-refractivity contribution in [3.05, 3.63) is 63.8 Å². The molecule has 0 unspecified atom stereocenters. The Hall–Kier alpha value is -3.49. The van der Waals surface area contributed by atoms with Gasteiger partial charge in [0.15, 0.2) is 5.78 Å². The number of likely N-dealkylation sites (N-methyl/N-ethyl adjacent to an activating group) is 1. The fraction of sp³-hybridized carbons (Fsp3) is 0.296. The third kappa shape index (κ3) is 4.99. The minimum absolute atomic E-state index is 0.0252. The number of aromatic nitrogens is 1. The lowest BCUT2D eigenvalue weighted by Gasteiger charge is -2.18. The van der Waals surface area contributed by atoms with Crippen molar-refractivity contribution in [2.45, 2.75) is 27.7 Å². The maximum absolute atomic E-state index is 13.4. The first kappa shape index (κ1) is 24.6. The first-order valence-corrected chi connectivity index (χ1v) is 12.6. The van der Waals surface area contributed by atoms with Crippen molar-refractivity contribution in [1.29, 1.82) is 0 Å². The van der Waals surface area contributed by atoms with E-state index in [2.05, 4.69) is 34.4 Å². The lowest BCUT2D eigenvalue weighted by atomic mass is 10.0. The van der Waals surface area contributed by atoms with Crippen LogP contribution in [-0.4, -0.2) is 53.7 Å². The monoisotopic (exact) mass is 490 g/mol. The SMILES string of the molecule is CCN(CC)CCNC(=O)c1c(C)[nH]c(/C=C2\C(=O)Nc3ccccc32)c1-c1ccc(C(C)=O)s1. The molecule has 2 aromatic heterocycles. The number of amides is 2. The number of thiophene rings is 1. The van der Waals surface area contributed by atoms with Gasteiger partial charge < -0.3 is 20.5 Å². The smallest absolute Gasteiger partial charge is 0.256 e. The second-order valence-corrected chi connectivity index (χ2v) is 9.56. The van der Waals surface area contributed by atoms with Gasteiger partial charge in [-0.2, -0.15) is 0 Å².